The van der Waals surface area contributed by atoms with E-state index in [9.17, 15) is 4.39 Å². The Morgan fingerprint density at radius 1 is 1.47 bits per heavy atom. The molecule has 3 nitrogen and oxygen atoms in total. The lowest BCUT2D eigenvalue weighted by molar-refractivity contribution is 0.0828. The van der Waals surface area contributed by atoms with Gasteiger partial charge in [0.25, 0.3) is 0 Å². The second-order valence-electron chi connectivity index (χ2n) is 4.51. The fourth-order valence-corrected chi connectivity index (χ4v) is 2.38. The van der Waals surface area contributed by atoms with Gasteiger partial charge in [0, 0.05) is 38.8 Å². The Labute approximate surface area is 120 Å². The Morgan fingerprint density at radius 2 is 2.32 bits per heavy atom. The zero-order valence-corrected chi connectivity index (χ0v) is 12.1. The maximum Gasteiger partial charge on any atom is 0.123 e. The van der Waals surface area contributed by atoms with Crippen LogP contribution in [0.5, 0.6) is 0 Å². The van der Waals surface area contributed by atoms with Gasteiger partial charge >= 0.3 is 0 Å². The predicted molar refractivity (Wildman–Crippen MR) is 77.3 cm³/mol. The summed E-state index contributed by atoms with van der Waals surface area (Å²) in [6, 6.07) is 7.14. The van der Waals surface area contributed by atoms with Crippen LogP contribution in [0.3, 0.4) is 0 Å². The fourth-order valence-electron chi connectivity index (χ4n) is 2.38. The third-order valence-electron chi connectivity index (χ3n) is 3.31. The first-order chi connectivity index (χ1) is 8.81. The van der Waals surface area contributed by atoms with Crippen LogP contribution >= 0.6 is 12.4 Å². The molecule has 1 N–H and O–H groups in total. The van der Waals surface area contributed by atoms with Gasteiger partial charge in [0.05, 0.1) is 6.61 Å². The monoisotopic (exact) mass is 288 g/mol. The minimum absolute atomic E-state index is 0. The predicted octanol–water partition coefficient (Wildman–Crippen LogP) is 2.23. The van der Waals surface area contributed by atoms with Gasteiger partial charge in [0.1, 0.15) is 5.82 Å². The summed E-state index contributed by atoms with van der Waals surface area (Å²) in [5.74, 6) is -0.164. The van der Waals surface area contributed by atoms with Gasteiger partial charge in [-0.2, -0.15) is 0 Å². The van der Waals surface area contributed by atoms with Gasteiger partial charge in [-0.15, -0.1) is 12.4 Å². The van der Waals surface area contributed by atoms with E-state index in [1.54, 1.807) is 12.1 Å². The maximum atomic E-state index is 13.3. The van der Waals surface area contributed by atoms with Crippen LogP contribution in [-0.2, 0) is 4.74 Å². The van der Waals surface area contributed by atoms with Crippen molar-refractivity contribution in [3.63, 3.8) is 0 Å². The Kier molecular flexibility index (Phi) is 7.31. The number of nitrogens with zero attached hydrogens (tertiary/aromatic N) is 1. The molecular formula is C14H22ClFN2O. The number of benzene rings is 1. The third-order valence-corrected chi connectivity index (χ3v) is 3.31. The molecule has 1 saturated heterocycles. The van der Waals surface area contributed by atoms with Crippen LogP contribution in [0.4, 0.5) is 4.39 Å². The molecule has 1 aliphatic rings. The van der Waals surface area contributed by atoms with Gasteiger partial charge in [-0.3, -0.25) is 4.90 Å². The first kappa shape index (κ1) is 16.4. The number of rotatable bonds is 5. The molecular weight excluding hydrogens is 267 g/mol. The molecule has 1 heterocycles. The third kappa shape index (κ3) is 4.73. The summed E-state index contributed by atoms with van der Waals surface area (Å²) in [5, 5.41) is 3.37. The molecule has 0 aliphatic carbocycles. The number of piperazine rings is 1. The van der Waals surface area contributed by atoms with Crippen LogP contribution in [0.15, 0.2) is 24.3 Å². The van der Waals surface area contributed by atoms with E-state index >= 15 is 0 Å². The molecule has 2 rings (SSSR count). The van der Waals surface area contributed by atoms with Crippen molar-refractivity contribution in [2.75, 3.05) is 39.4 Å². The van der Waals surface area contributed by atoms with Gasteiger partial charge in [-0.05, 0) is 24.6 Å². The topological polar surface area (TPSA) is 24.5 Å². The largest absolute Gasteiger partial charge is 0.380 e. The summed E-state index contributed by atoms with van der Waals surface area (Å²) in [5.41, 5.74) is 1.04. The van der Waals surface area contributed by atoms with Crippen molar-refractivity contribution in [2.24, 2.45) is 0 Å². The van der Waals surface area contributed by atoms with Gasteiger partial charge in [-0.1, -0.05) is 12.1 Å². The Hall–Kier alpha value is -0.680. The second-order valence-corrected chi connectivity index (χ2v) is 4.51. The molecule has 108 valence electrons. The van der Waals surface area contributed by atoms with Crippen LogP contribution in [0, 0.1) is 5.82 Å². The van der Waals surface area contributed by atoms with Crippen molar-refractivity contribution in [3.8, 4) is 0 Å². The zero-order chi connectivity index (χ0) is 12.8. The lowest BCUT2D eigenvalue weighted by Crippen LogP contribution is -2.47. The first-order valence-corrected chi connectivity index (χ1v) is 6.59. The van der Waals surface area contributed by atoms with Gasteiger partial charge < -0.3 is 10.1 Å². The van der Waals surface area contributed by atoms with E-state index in [2.05, 4.69) is 10.2 Å². The highest BCUT2D eigenvalue weighted by molar-refractivity contribution is 5.85. The molecule has 1 atom stereocenters. The Bertz CT molecular complexity index is 378. The van der Waals surface area contributed by atoms with E-state index < -0.39 is 0 Å². The summed E-state index contributed by atoms with van der Waals surface area (Å²) in [6.07, 6.45) is 0. The highest BCUT2D eigenvalue weighted by Gasteiger charge is 2.23. The van der Waals surface area contributed by atoms with E-state index in [0.717, 1.165) is 45.0 Å². The number of halogens is 2. The normalized spacial score (nSPS) is 20.0. The molecule has 1 unspecified atom stereocenters. The quantitative estimate of drug-likeness (QED) is 0.841. The number of hydrogen-bond acceptors (Lipinski definition) is 3. The standard InChI is InChI=1S/C14H21FN2O.ClH/c1-2-18-9-8-17-7-6-16-11-14(17)12-4-3-5-13(15)10-12;/h3-5,10,14,16H,2,6-9,11H2,1H3;1H. The highest BCUT2D eigenvalue weighted by atomic mass is 35.5. The molecule has 5 heteroatoms. The van der Waals surface area contributed by atoms with Crippen LogP contribution in [0.1, 0.15) is 18.5 Å². The van der Waals surface area contributed by atoms with Gasteiger partial charge in [0.2, 0.25) is 0 Å². The summed E-state index contributed by atoms with van der Waals surface area (Å²) in [7, 11) is 0. The van der Waals surface area contributed by atoms with Crippen molar-refractivity contribution in [1.82, 2.24) is 10.2 Å². The number of ether oxygens (including phenoxy) is 1. The van der Waals surface area contributed by atoms with E-state index in [1.807, 2.05) is 13.0 Å². The lowest BCUT2D eigenvalue weighted by Gasteiger charge is -2.36. The number of hydrogen-bond donors (Lipinski definition) is 1. The molecule has 0 spiro atoms. The summed E-state index contributed by atoms with van der Waals surface area (Å²) in [4.78, 5) is 2.36. The molecule has 0 aromatic heterocycles. The van der Waals surface area contributed by atoms with E-state index in [-0.39, 0.29) is 24.3 Å². The fraction of sp³-hybridized carbons (Fsp3) is 0.571. The van der Waals surface area contributed by atoms with Gasteiger partial charge in [0.15, 0.2) is 0 Å². The van der Waals surface area contributed by atoms with Crippen LogP contribution in [0.25, 0.3) is 0 Å². The molecule has 0 saturated carbocycles. The highest BCUT2D eigenvalue weighted by Crippen LogP contribution is 2.22. The molecule has 1 fully saturated rings. The Morgan fingerprint density at radius 3 is 3.05 bits per heavy atom. The number of nitrogens with one attached hydrogen (secondary N) is 1. The first-order valence-electron chi connectivity index (χ1n) is 6.59. The van der Waals surface area contributed by atoms with Gasteiger partial charge in [-0.25, -0.2) is 4.39 Å². The van der Waals surface area contributed by atoms with Crippen molar-refractivity contribution in [2.45, 2.75) is 13.0 Å². The molecule has 0 amide bonds. The smallest absolute Gasteiger partial charge is 0.123 e. The van der Waals surface area contributed by atoms with Crippen molar-refractivity contribution >= 4 is 12.4 Å². The van der Waals surface area contributed by atoms with Crippen LogP contribution < -0.4 is 5.32 Å². The van der Waals surface area contributed by atoms with Crippen molar-refractivity contribution in [3.05, 3.63) is 35.6 Å². The average Bonchev–Trinajstić information content (AvgIpc) is 2.40. The van der Waals surface area contributed by atoms with Crippen molar-refractivity contribution < 1.29 is 9.13 Å². The molecule has 19 heavy (non-hydrogen) atoms. The van der Waals surface area contributed by atoms with Crippen LogP contribution in [0.2, 0.25) is 0 Å². The lowest BCUT2D eigenvalue weighted by atomic mass is 10.0. The van der Waals surface area contributed by atoms with E-state index in [4.69, 9.17) is 4.74 Å². The molecule has 1 aliphatic heterocycles. The second kappa shape index (κ2) is 8.48. The van der Waals surface area contributed by atoms with E-state index in [0.29, 0.717) is 0 Å². The zero-order valence-electron chi connectivity index (χ0n) is 11.3. The van der Waals surface area contributed by atoms with Crippen molar-refractivity contribution in [1.29, 1.82) is 0 Å². The molecule has 1 aromatic rings. The summed E-state index contributed by atoms with van der Waals surface area (Å²) < 4.78 is 18.7. The average molecular weight is 289 g/mol. The maximum absolute atomic E-state index is 13.3. The Balaban J connectivity index is 0.00000180. The SMILES string of the molecule is CCOCCN1CCNCC1c1cccc(F)c1.Cl. The molecule has 0 bridgehead atoms. The summed E-state index contributed by atoms with van der Waals surface area (Å²) in [6.45, 7) is 7.22. The summed E-state index contributed by atoms with van der Waals surface area (Å²) >= 11 is 0. The van der Waals surface area contributed by atoms with E-state index in [1.165, 1.54) is 6.07 Å². The minimum Gasteiger partial charge on any atom is -0.380 e. The van der Waals surface area contributed by atoms with Crippen LogP contribution in [-0.4, -0.2) is 44.3 Å². The molecule has 0 radical (unpaired) electrons. The molecule has 1 aromatic carbocycles. The minimum atomic E-state index is -0.164.